The normalized spacial score (nSPS) is 15.5. The molecule has 0 N–H and O–H groups in total. The van der Waals surface area contributed by atoms with Gasteiger partial charge in [-0.25, -0.2) is 0 Å². The lowest BCUT2D eigenvalue weighted by atomic mass is 9.79. The van der Waals surface area contributed by atoms with Gasteiger partial charge in [0, 0.05) is 16.8 Å². The van der Waals surface area contributed by atoms with E-state index in [-0.39, 0.29) is 5.41 Å². The largest absolute Gasteiger partial charge is 0.466 e. The van der Waals surface area contributed by atoms with Crippen LogP contribution in [0, 0.1) is 0 Å². The first-order valence-corrected chi connectivity index (χ1v) is 7.30. The number of para-hydroxylation sites is 2. The molecule has 5 rings (SSSR count). The minimum Gasteiger partial charge on any atom is -0.466 e. The van der Waals surface area contributed by atoms with Gasteiger partial charge in [-0.1, -0.05) is 36.4 Å². The summed E-state index contributed by atoms with van der Waals surface area (Å²) in [5.41, 5.74) is 4.96. The molecule has 0 saturated heterocycles. The average molecular weight is 273 g/mol. The Labute approximate surface area is 122 Å². The van der Waals surface area contributed by atoms with E-state index in [1.165, 1.54) is 33.1 Å². The molecular weight excluding hydrogens is 258 g/mol. The predicted octanol–water partition coefficient (Wildman–Crippen LogP) is 5.02. The standard InChI is InChI=1S/C19H15NO/c1-19(2)14-8-5-7-13-12-6-3-4-9-15(12)20(17(13)14)16-10-11-21-18(16)19/h3-11H,1-2H3. The minimum atomic E-state index is -0.108. The van der Waals surface area contributed by atoms with Gasteiger partial charge in [-0.2, -0.15) is 0 Å². The number of hydrogen-bond donors (Lipinski definition) is 0. The highest BCUT2D eigenvalue weighted by Gasteiger charge is 2.37. The lowest BCUT2D eigenvalue weighted by Crippen LogP contribution is -2.24. The van der Waals surface area contributed by atoms with Crippen LogP contribution in [0.25, 0.3) is 27.5 Å². The molecule has 0 unspecified atom stereocenters. The molecule has 0 amide bonds. The Morgan fingerprint density at radius 3 is 2.62 bits per heavy atom. The Balaban J connectivity index is 2.16. The summed E-state index contributed by atoms with van der Waals surface area (Å²) < 4.78 is 8.21. The zero-order chi connectivity index (χ0) is 14.2. The molecule has 0 fully saturated rings. The zero-order valence-electron chi connectivity index (χ0n) is 12.1. The van der Waals surface area contributed by atoms with E-state index in [1.807, 2.05) is 0 Å². The summed E-state index contributed by atoms with van der Waals surface area (Å²) in [6, 6.07) is 17.3. The molecule has 102 valence electrons. The molecule has 0 spiro atoms. The van der Waals surface area contributed by atoms with Gasteiger partial charge in [0.15, 0.2) is 0 Å². The fraction of sp³-hybridized carbons (Fsp3) is 0.158. The van der Waals surface area contributed by atoms with Gasteiger partial charge in [0.05, 0.1) is 28.4 Å². The Morgan fingerprint density at radius 1 is 0.905 bits per heavy atom. The second-order valence-corrected chi connectivity index (χ2v) is 6.31. The minimum absolute atomic E-state index is 0.108. The van der Waals surface area contributed by atoms with Gasteiger partial charge in [-0.05, 0) is 25.5 Å². The van der Waals surface area contributed by atoms with Crippen LogP contribution < -0.4 is 0 Å². The van der Waals surface area contributed by atoms with Crippen molar-refractivity contribution in [1.82, 2.24) is 4.57 Å². The van der Waals surface area contributed by atoms with Crippen molar-refractivity contribution in [3.63, 3.8) is 0 Å². The van der Waals surface area contributed by atoms with Crippen LogP contribution in [0.5, 0.6) is 0 Å². The highest BCUT2D eigenvalue weighted by molar-refractivity contribution is 6.11. The smallest absolute Gasteiger partial charge is 0.137 e. The molecule has 2 aromatic carbocycles. The maximum atomic E-state index is 5.86. The highest BCUT2D eigenvalue weighted by atomic mass is 16.3. The van der Waals surface area contributed by atoms with Gasteiger partial charge in [-0.15, -0.1) is 0 Å². The summed E-state index contributed by atoms with van der Waals surface area (Å²) in [5, 5.41) is 2.63. The quantitative estimate of drug-likeness (QED) is 0.440. The van der Waals surface area contributed by atoms with E-state index in [4.69, 9.17) is 4.42 Å². The second kappa shape index (κ2) is 3.40. The summed E-state index contributed by atoms with van der Waals surface area (Å²) in [7, 11) is 0. The lowest BCUT2D eigenvalue weighted by Gasteiger charge is -2.30. The predicted molar refractivity (Wildman–Crippen MR) is 85.2 cm³/mol. The molecule has 0 saturated carbocycles. The Hall–Kier alpha value is -2.48. The third-order valence-electron chi connectivity index (χ3n) is 4.82. The molecule has 2 heteroatoms. The number of benzene rings is 2. The molecular formula is C19H15NO. The number of furan rings is 1. The molecule has 0 radical (unpaired) electrons. The number of rotatable bonds is 0. The SMILES string of the molecule is CC1(C)c2occc2-n2c3ccccc3c3cccc1c32. The van der Waals surface area contributed by atoms with Crippen LogP contribution in [-0.4, -0.2) is 4.57 Å². The van der Waals surface area contributed by atoms with Crippen molar-refractivity contribution in [2.24, 2.45) is 0 Å². The van der Waals surface area contributed by atoms with Gasteiger partial charge >= 0.3 is 0 Å². The molecule has 2 aromatic heterocycles. The van der Waals surface area contributed by atoms with Crippen molar-refractivity contribution < 1.29 is 4.42 Å². The van der Waals surface area contributed by atoms with Crippen molar-refractivity contribution in [1.29, 1.82) is 0 Å². The first-order valence-electron chi connectivity index (χ1n) is 7.30. The first-order chi connectivity index (χ1) is 10.2. The van der Waals surface area contributed by atoms with E-state index >= 15 is 0 Å². The highest BCUT2D eigenvalue weighted by Crippen LogP contribution is 2.47. The van der Waals surface area contributed by atoms with Crippen molar-refractivity contribution in [3.8, 4) is 5.69 Å². The molecule has 4 aromatic rings. The summed E-state index contributed by atoms with van der Waals surface area (Å²) in [6.45, 7) is 4.48. The molecule has 3 heterocycles. The maximum Gasteiger partial charge on any atom is 0.137 e. The Morgan fingerprint density at radius 2 is 1.71 bits per heavy atom. The monoisotopic (exact) mass is 273 g/mol. The Bertz CT molecular complexity index is 1020. The topological polar surface area (TPSA) is 18.1 Å². The van der Waals surface area contributed by atoms with Crippen molar-refractivity contribution in [2.75, 3.05) is 0 Å². The fourth-order valence-corrected chi connectivity index (χ4v) is 3.84. The fourth-order valence-electron chi connectivity index (χ4n) is 3.84. The second-order valence-electron chi connectivity index (χ2n) is 6.31. The van der Waals surface area contributed by atoms with Crippen LogP contribution in [0.4, 0.5) is 0 Å². The molecule has 0 aliphatic carbocycles. The first kappa shape index (κ1) is 11.2. The van der Waals surface area contributed by atoms with Gasteiger partial charge < -0.3 is 8.98 Å². The van der Waals surface area contributed by atoms with Crippen molar-refractivity contribution in [2.45, 2.75) is 19.3 Å². The van der Waals surface area contributed by atoms with Crippen LogP contribution in [0.1, 0.15) is 25.2 Å². The molecule has 1 aliphatic rings. The van der Waals surface area contributed by atoms with E-state index in [0.29, 0.717) is 0 Å². The van der Waals surface area contributed by atoms with E-state index < -0.39 is 0 Å². The number of hydrogen-bond acceptors (Lipinski definition) is 1. The van der Waals surface area contributed by atoms with Crippen LogP contribution >= 0.6 is 0 Å². The third-order valence-corrected chi connectivity index (χ3v) is 4.82. The lowest BCUT2D eigenvalue weighted by molar-refractivity contribution is 0.425. The van der Waals surface area contributed by atoms with Crippen molar-refractivity contribution >= 4 is 21.8 Å². The maximum absolute atomic E-state index is 5.86. The van der Waals surface area contributed by atoms with Gasteiger partial charge in [0.2, 0.25) is 0 Å². The molecule has 0 bridgehead atoms. The average Bonchev–Trinajstić information content (AvgIpc) is 3.08. The summed E-state index contributed by atoms with van der Waals surface area (Å²) in [5.74, 6) is 1.05. The molecule has 1 aliphatic heterocycles. The van der Waals surface area contributed by atoms with E-state index in [0.717, 1.165) is 5.76 Å². The van der Waals surface area contributed by atoms with Gasteiger partial charge in [0.25, 0.3) is 0 Å². The molecule has 21 heavy (non-hydrogen) atoms. The number of fused-ring (bicyclic) bond motifs is 5. The van der Waals surface area contributed by atoms with Crippen LogP contribution in [0.15, 0.2) is 59.2 Å². The van der Waals surface area contributed by atoms with Crippen LogP contribution in [0.3, 0.4) is 0 Å². The van der Waals surface area contributed by atoms with Crippen LogP contribution in [0.2, 0.25) is 0 Å². The van der Waals surface area contributed by atoms with E-state index in [2.05, 4.69) is 66.9 Å². The third kappa shape index (κ3) is 1.15. The zero-order valence-corrected chi connectivity index (χ0v) is 12.1. The van der Waals surface area contributed by atoms with E-state index in [9.17, 15) is 0 Å². The van der Waals surface area contributed by atoms with Gasteiger partial charge in [0.1, 0.15) is 5.76 Å². The number of nitrogens with zero attached hydrogens (tertiary/aromatic N) is 1. The van der Waals surface area contributed by atoms with Crippen LogP contribution in [-0.2, 0) is 5.41 Å². The number of aromatic nitrogens is 1. The van der Waals surface area contributed by atoms with Gasteiger partial charge in [-0.3, -0.25) is 0 Å². The van der Waals surface area contributed by atoms with Crippen molar-refractivity contribution in [3.05, 3.63) is 66.1 Å². The van der Waals surface area contributed by atoms with E-state index in [1.54, 1.807) is 6.26 Å². The Kier molecular flexibility index (Phi) is 1.81. The summed E-state index contributed by atoms with van der Waals surface area (Å²) in [6.07, 6.45) is 1.80. The summed E-state index contributed by atoms with van der Waals surface area (Å²) in [4.78, 5) is 0. The molecule has 2 nitrogen and oxygen atoms in total. The molecule has 0 atom stereocenters. The summed E-state index contributed by atoms with van der Waals surface area (Å²) >= 11 is 0.